The molecule has 1 heterocycles. The molecule has 2 aromatic carbocycles. The third kappa shape index (κ3) is 6.15. The second-order valence-corrected chi connectivity index (χ2v) is 7.34. The van der Waals surface area contributed by atoms with E-state index in [-0.39, 0.29) is 0 Å². The lowest BCUT2D eigenvalue weighted by Crippen LogP contribution is -2.23. The lowest BCUT2D eigenvalue weighted by Gasteiger charge is -2.11. The summed E-state index contributed by atoms with van der Waals surface area (Å²) < 4.78 is 5.93. The van der Waals surface area contributed by atoms with E-state index >= 15 is 0 Å². The van der Waals surface area contributed by atoms with Crippen molar-refractivity contribution in [3.63, 3.8) is 0 Å². The number of hydrogen-bond donors (Lipinski definition) is 2. The molecule has 0 amide bonds. The summed E-state index contributed by atoms with van der Waals surface area (Å²) in [6.07, 6.45) is 4.96. The Hall–Kier alpha value is -1.84. The van der Waals surface area contributed by atoms with E-state index in [2.05, 4.69) is 66.1 Å². The Kier molecular flexibility index (Phi) is 7.53. The number of aryl methyl sites for hydroxylation is 1. The minimum atomic E-state index is 0.625. The van der Waals surface area contributed by atoms with E-state index in [4.69, 9.17) is 4.74 Å². The summed E-state index contributed by atoms with van der Waals surface area (Å²) in [6.45, 7) is 7.20. The molecule has 3 nitrogen and oxygen atoms in total. The molecular weight excluding hydrogens is 320 g/mol. The Bertz CT molecular complexity index is 630. The van der Waals surface area contributed by atoms with Gasteiger partial charge >= 0.3 is 0 Å². The van der Waals surface area contributed by atoms with Crippen LogP contribution >= 0.6 is 0 Å². The molecule has 3 heteroatoms. The maximum atomic E-state index is 5.93. The molecule has 1 unspecified atom stereocenters. The normalized spacial score (nSPS) is 16.7. The first-order chi connectivity index (χ1) is 12.8. The number of nitrogens with one attached hydrogen (secondary N) is 2. The Morgan fingerprint density at radius 3 is 2.42 bits per heavy atom. The highest BCUT2D eigenvalue weighted by Crippen LogP contribution is 2.15. The van der Waals surface area contributed by atoms with Crippen molar-refractivity contribution < 1.29 is 4.74 Å². The fraction of sp³-hybridized carbons (Fsp3) is 0.478. The van der Waals surface area contributed by atoms with Crippen molar-refractivity contribution in [3.05, 3.63) is 65.2 Å². The Morgan fingerprint density at radius 1 is 1.00 bits per heavy atom. The van der Waals surface area contributed by atoms with Gasteiger partial charge in [-0.15, -0.1) is 0 Å². The number of unbranched alkanes of at least 4 members (excludes halogenated alkanes) is 1. The quantitative estimate of drug-likeness (QED) is 0.668. The zero-order valence-electron chi connectivity index (χ0n) is 16.0. The molecule has 1 atom stereocenters. The average Bonchev–Trinajstić information content (AvgIpc) is 3.20. The predicted octanol–water partition coefficient (Wildman–Crippen LogP) is 4.31. The smallest absolute Gasteiger partial charge is 0.119 e. The highest BCUT2D eigenvalue weighted by Gasteiger charge is 2.13. The van der Waals surface area contributed by atoms with Gasteiger partial charge in [-0.05, 0) is 73.6 Å². The van der Waals surface area contributed by atoms with E-state index in [9.17, 15) is 0 Å². The van der Waals surface area contributed by atoms with Gasteiger partial charge in [0, 0.05) is 6.54 Å². The molecule has 26 heavy (non-hydrogen) atoms. The number of ether oxygens (including phenoxy) is 1. The summed E-state index contributed by atoms with van der Waals surface area (Å²) in [7, 11) is 0. The molecular formula is C23H32N2O. The summed E-state index contributed by atoms with van der Waals surface area (Å²) in [6, 6.07) is 17.3. The summed E-state index contributed by atoms with van der Waals surface area (Å²) in [5, 5.41) is 6.97. The Morgan fingerprint density at radius 2 is 1.73 bits per heavy atom. The molecule has 0 spiro atoms. The van der Waals surface area contributed by atoms with Gasteiger partial charge < -0.3 is 15.4 Å². The van der Waals surface area contributed by atoms with Gasteiger partial charge in [0.1, 0.15) is 12.4 Å². The zero-order valence-corrected chi connectivity index (χ0v) is 16.0. The fourth-order valence-corrected chi connectivity index (χ4v) is 3.36. The van der Waals surface area contributed by atoms with Gasteiger partial charge in [-0.25, -0.2) is 0 Å². The molecule has 1 aliphatic heterocycles. The van der Waals surface area contributed by atoms with Crippen LogP contribution in [-0.4, -0.2) is 19.6 Å². The third-order valence-electron chi connectivity index (χ3n) is 5.10. The lowest BCUT2D eigenvalue weighted by molar-refractivity contribution is 0.306. The van der Waals surface area contributed by atoms with E-state index in [0.717, 1.165) is 31.3 Å². The van der Waals surface area contributed by atoms with E-state index in [1.165, 1.54) is 48.9 Å². The number of hydrogen-bond acceptors (Lipinski definition) is 3. The van der Waals surface area contributed by atoms with Gasteiger partial charge in [0.05, 0.1) is 0 Å². The van der Waals surface area contributed by atoms with Crippen molar-refractivity contribution in [2.24, 2.45) is 5.92 Å². The van der Waals surface area contributed by atoms with Crippen LogP contribution in [0.1, 0.15) is 42.9 Å². The molecule has 2 N–H and O–H groups in total. The highest BCUT2D eigenvalue weighted by atomic mass is 16.5. The minimum absolute atomic E-state index is 0.625. The van der Waals surface area contributed by atoms with Gasteiger partial charge in [0.15, 0.2) is 0 Å². The first-order valence-electron chi connectivity index (χ1n) is 10.0. The van der Waals surface area contributed by atoms with E-state index in [0.29, 0.717) is 6.61 Å². The molecule has 1 saturated heterocycles. The van der Waals surface area contributed by atoms with E-state index in [1.807, 2.05) is 0 Å². The van der Waals surface area contributed by atoms with Crippen molar-refractivity contribution in [1.82, 2.24) is 10.6 Å². The van der Waals surface area contributed by atoms with Crippen LogP contribution in [0.4, 0.5) is 0 Å². The van der Waals surface area contributed by atoms with Crippen molar-refractivity contribution in [1.29, 1.82) is 0 Å². The number of benzene rings is 2. The topological polar surface area (TPSA) is 33.3 Å². The van der Waals surface area contributed by atoms with Crippen LogP contribution < -0.4 is 15.4 Å². The molecule has 0 aliphatic carbocycles. The molecule has 2 aromatic rings. The fourth-order valence-electron chi connectivity index (χ4n) is 3.36. The summed E-state index contributed by atoms with van der Waals surface area (Å²) >= 11 is 0. The van der Waals surface area contributed by atoms with Gasteiger partial charge in [-0.3, -0.25) is 0 Å². The summed E-state index contributed by atoms with van der Waals surface area (Å²) in [4.78, 5) is 0. The minimum Gasteiger partial charge on any atom is -0.489 e. The SMILES string of the molecule is CCCCc1ccc(COc2ccc(CNCC3CCNC3)cc2)cc1. The van der Waals surface area contributed by atoms with Crippen LogP contribution in [0.3, 0.4) is 0 Å². The molecule has 1 aliphatic rings. The first-order valence-corrected chi connectivity index (χ1v) is 10.0. The average molecular weight is 353 g/mol. The molecule has 0 saturated carbocycles. The maximum Gasteiger partial charge on any atom is 0.119 e. The van der Waals surface area contributed by atoms with Gasteiger partial charge in [-0.2, -0.15) is 0 Å². The van der Waals surface area contributed by atoms with Gasteiger partial charge in [-0.1, -0.05) is 49.7 Å². The third-order valence-corrected chi connectivity index (χ3v) is 5.10. The van der Waals surface area contributed by atoms with Crippen LogP contribution in [0.2, 0.25) is 0 Å². The summed E-state index contributed by atoms with van der Waals surface area (Å²) in [5.41, 5.74) is 3.95. The van der Waals surface area contributed by atoms with Crippen molar-refractivity contribution in [2.75, 3.05) is 19.6 Å². The van der Waals surface area contributed by atoms with Crippen molar-refractivity contribution in [3.8, 4) is 5.75 Å². The molecule has 0 bridgehead atoms. The van der Waals surface area contributed by atoms with E-state index in [1.54, 1.807) is 0 Å². The first kappa shape index (κ1) is 18.9. The van der Waals surface area contributed by atoms with Crippen LogP contribution in [-0.2, 0) is 19.6 Å². The zero-order chi connectivity index (χ0) is 18.0. The predicted molar refractivity (Wildman–Crippen MR) is 109 cm³/mol. The second-order valence-electron chi connectivity index (χ2n) is 7.34. The molecule has 0 radical (unpaired) electrons. The van der Waals surface area contributed by atoms with Gasteiger partial charge in [0.25, 0.3) is 0 Å². The summed E-state index contributed by atoms with van der Waals surface area (Å²) in [5.74, 6) is 1.72. The molecule has 140 valence electrons. The second kappa shape index (κ2) is 10.3. The Balaban J connectivity index is 1.39. The molecule has 1 fully saturated rings. The maximum absolute atomic E-state index is 5.93. The van der Waals surface area contributed by atoms with Gasteiger partial charge in [0.2, 0.25) is 0 Å². The Labute approximate surface area is 158 Å². The largest absolute Gasteiger partial charge is 0.489 e. The monoisotopic (exact) mass is 352 g/mol. The standard InChI is InChI=1S/C23H32N2O/c1-2-3-4-19-5-7-21(8-6-19)18-26-23-11-9-20(10-12-23)15-25-17-22-13-14-24-16-22/h5-12,22,24-25H,2-4,13-18H2,1H3. The van der Waals surface area contributed by atoms with Crippen LogP contribution in [0, 0.1) is 5.92 Å². The van der Waals surface area contributed by atoms with Crippen molar-refractivity contribution >= 4 is 0 Å². The van der Waals surface area contributed by atoms with Crippen molar-refractivity contribution in [2.45, 2.75) is 45.8 Å². The number of rotatable bonds is 10. The molecule has 3 rings (SSSR count). The lowest BCUT2D eigenvalue weighted by atomic mass is 10.1. The highest BCUT2D eigenvalue weighted by molar-refractivity contribution is 5.28. The van der Waals surface area contributed by atoms with E-state index < -0.39 is 0 Å². The van der Waals surface area contributed by atoms with Crippen LogP contribution in [0.15, 0.2) is 48.5 Å². The van der Waals surface area contributed by atoms with Crippen LogP contribution in [0.25, 0.3) is 0 Å². The van der Waals surface area contributed by atoms with Crippen LogP contribution in [0.5, 0.6) is 5.75 Å². The molecule has 0 aromatic heterocycles.